The van der Waals surface area contributed by atoms with Crippen molar-refractivity contribution < 1.29 is 4.92 Å². The van der Waals surface area contributed by atoms with Gasteiger partial charge in [-0.05, 0) is 18.9 Å². The molecule has 0 atom stereocenters. The Labute approximate surface area is 84.7 Å². The van der Waals surface area contributed by atoms with Gasteiger partial charge in [-0.2, -0.15) is 0 Å². The first kappa shape index (κ1) is 8.34. The number of benzene rings is 1. The van der Waals surface area contributed by atoms with Crippen LogP contribution in [-0.2, 0) is 0 Å². The monoisotopic (exact) mass is 204 g/mol. The molecule has 0 bridgehead atoms. The van der Waals surface area contributed by atoms with Gasteiger partial charge in [-0.25, -0.2) is 4.68 Å². The summed E-state index contributed by atoms with van der Waals surface area (Å²) in [4.78, 5) is 10.1. The molecule has 15 heavy (non-hydrogen) atoms. The Bertz CT molecular complexity index is 544. The molecule has 0 N–H and O–H groups in total. The van der Waals surface area contributed by atoms with Gasteiger partial charge in [-0.15, -0.1) is 5.10 Å². The van der Waals surface area contributed by atoms with Crippen molar-refractivity contribution in [2.45, 2.75) is 18.9 Å². The van der Waals surface area contributed by atoms with Crippen LogP contribution in [0.5, 0.6) is 0 Å². The number of non-ortho nitro benzene ring substituents is 1. The van der Waals surface area contributed by atoms with Crippen LogP contribution in [0.15, 0.2) is 18.2 Å². The minimum atomic E-state index is -0.421. The third-order valence-corrected chi connectivity index (χ3v) is 2.56. The smallest absolute Gasteiger partial charge is 0.258 e. The van der Waals surface area contributed by atoms with Gasteiger partial charge >= 0.3 is 0 Å². The summed E-state index contributed by atoms with van der Waals surface area (Å²) in [5.41, 5.74) is 1.53. The molecule has 0 amide bonds. The zero-order valence-corrected chi connectivity index (χ0v) is 7.83. The molecule has 0 unspecified atom stereocenters. The van der Waals surface area contributed by atoms with Crippen LogP contribution in [0.3, 0.4) is 0 Å². The zero-order chi connectivity index (χ0) is 10.4. The second kappa shape index (κ2) is 2.75. The van der Waals surface area contributed by atoms with E-state index in [0.29, 0.717) is 11.6 Å². The first-order chi connectivity index (χ1) is 7.25. The molecule has 1 heterocycles. The quantitative estimate of drug-likeness (QED) is 0.551. The average molecular weight is 204 g/mol. The van der Waals surface area contributed by atoms with Crippen molar-refractivity contribution in [1.82, 2.24) is 15.0 Å². The standard InChI is InChI=1S/C9H8N4O2/c14-13(15)7-3-4-9-8(5-7)10-11-12(9)6-1-2-6/h3-6H,1-2H2. The van der Waals surface area contributed by atoms with E-state index in [1.54, 1.807) is 6.07 Å². The van der Waals surface area contributed by atoms with E-state index in [-0.39, 0.29) is 5.69 Å². The van der Waals surface area contributed by atoms with Crippen LogP contribution in [0.25, 0.3) is 11.0 Å². The SMILES string of the molecule is O=[N+]([O-])c1ccc2c(c1)nnn2C1CC1. The van der Waals surface area contributed by atoms with E-state index in [4.69, 9.17) is 0 Å². The van der Waals surface area contributed by atoms with Crippen LogP contribution < -0.4 is 0 Å². The van der Waals surface area contributed by atoms with E-state index in [0.717, 1.165) is 18.4 Å². The molecule has 6 nitrogen and oxygen atoms in total. The molecule has 1 aromatic heterocycles. The maximum absolute atomic E-state index is 10.5. The molecule has 1 aliphatic carbocycles. The minimum absolute atomic E-state index is 0.0605. The van der Waals surface area contributed by atoms with Gasteiger partial charge in [0, 0.05) is 12.1 Å². The molecule has 1 aliphatic rings. The number of nitrogens with zero attached hydrogens (tertiary/aromatic N) is 4. The number of nitro groups is 1. The highest BCUT2D eigenvalue weighted by atomic mass is 16.6. The van der Waals surface area contributed by atoms with Crippen molar-refractivity contribution in [2.75, 3.05) is 0 Å². The molecule has 0 radical (unpaired) electrons. The highest BCUT2D eigenvalue weighted by Crippen LogP contribution is 2.36. The van der Waals surface area contributed by atoms with Gasteiger partial charge in [0.15, 0.2) is 0 Å². The Morgan fingerprint density at radius 1 is 1.47 bits per heavy atom. The van der Waals surface area contributed by atoms with E-state index in [9.17, 15) is 10.1 Å². The predicted molar refractivity (Wildman–Crippen MR) is 52.5 cm³/mol. The van der Waals surface area contributed by atoms with Crippen LogP contribution in [0.1, 0.15) is 18.9 Å². The second-order valence-electron chi connectivity index (χ2n) is 3.70. The van der Waals surface area contributed by atoms with Crippen molar-refractivity contribution in [2.24, 2.45) is 0 Å². The molecule has 1 saturated carbocycles. The van der Waals surface area contributed by atoms with Gasteiger partial charge in [0.2, 0.25) is 0 Å². The van der Waals surface area contributed by atoms with Gasteiger partial charge in [0.1, 0.15) is 5.52 Å². The third-order valence-electron chi connectivity index (χ3n) is 2.56. The fourth-order valence-corrected chi connectivity index (χ4v) is 1.63. The normalized spacial score (nSPS) is 15.7. The van der Waals surface area contributed by atoms with Crippen LogP contribution in [0.2, 0.25) is 0 Å². The van der Waals surface area contributed by atoms with E-state index in [1.165, 1.54) is 12.1 Å². The Hall–Kier alpha value is -1.98. The summed E-state index contributed by atoms with van der Waals surface area (Å²) in [6.07, 6.45) is 2.24. The highest BCUT2D eigenvalue weighted by molar-refractivity contribution is 5.77. The molecular formula is C9H8N4O2. The fraction of sp³-hybridized carbons (Fsp3) is 0.333. The van der Waals surface area contributed by atoms with Gasteiger partial charge in [0.05, 0.1) is 16.5 Å². The number of hydrogen-bond acceptors (Lipinski definition) is 4. The van der Waals surface area contributed by atoms with Gasteiger partial charge in [0.25, 0.3) is 5.69 Å². The summed E-state index contributed by atoms with van der Waals surface area (Å²) in [5, 5.41) is 18.5. The summed E-state index contributed by atoms with van der Waals surface area (Å²) in [6.45, 7) is 0. The lowest BCUT2D eigenvalue weighted by molar-refractivity contribution is -0.384. The molecule has 0 saturated heterocycles. The first-order valence-electron chi connectivity index (χ1n) is 4.75. The summed E-state index contributed by atoms with van der Waals surface area (Å²) in [6, 6.07) is 5.11. The molecule has 1 fully saturated rings. The number of nitro benzene ring substituents is 1. The molecule has 0 spiro atoms. The minimum Gasteiger partial charge on any atom is -0.258 e. The van der Waals surface area contributed by atoms with Crippen molar-refractivity contribution in [3.63, 3.8) is 0 Å². The van der Waals surface area contributed by atoms with Crippen LogP contribution in [-0.4, -0.2) is 19.9 Å². The molecular weight excluding hydrogens is 196 g/mol. The topological polar surface area (TPSA) is 73.8 Å². The summed E-state index contributed by atoms with van der Waals surface area (Å²) >= 11 is 0. The maximum Gasteiger partial charge on any atom is 0.271 e. The average Bonchev–Trinajstić information content (AvgIpc) is 2.98. The maximum atomic E-state index is 10.5. The van der Waals surface area contributed by atoms with Gasteiger partial charge in [-0.1, -0.05) is 5.21 Å². The first-order valence-corrected chi connectivity index (χ1v) is 4.75. The van der Waals surface area contributed by atoms with Crippen LogP contribution in [0, 0.1) is 10.1 Å². The Morgan fingerprint density at radius 2 is 2.27 bits per heavy atom. The lowest BCUT2D eigenvalue weighted by Crippen LogP contribution is -1.95. The van der Waals surface area contributed by atoms with E-state index in [1.807, 2.05) is 4.68 Å². The lowest BCUT2D eigenvalue weighted by Gasteiger charge is -1.96. The molecule has 1 aromatic carbocycles. The number of hydrogen-bond donors (Lipinski definition) is 0. The fourth-order valence-electron chi connectivity index (χ4n) is 1.63. The third kappa shape index (κ3) is 1.25. The lowest BCUT2D eigenvalue weighted by atomic mass is 10.3. The van der Waals surface area contributed by atoms with Gasteiger partial charge < -0.3 is 0 Å². The number of fused-ring (bicyclic) bond motifs is 1. The highest BCUT2D eigenvalue weighted by Gasteiger charge is 2.26. The van der Waals surface area contributed by atoms with Gasteiger partial charge in [-0.3, -0.25) is 10.1 Å². The Morgan fingerprint density at radius 3 is 2.93 bits per heavy atom. The second-order valence-corrected chi connectivity index (χ2v) is 3.70. The Balaban J connectivity index is 2.17. The van der Waals surface area contributed by atoms with Crippen LogP contribution >= 0.6 is 0 Å². The Kier molecular flexibility index (Phi) is 1.53. The number of aromatic nitrogens is 3. The van der Waals surface area contributed by atoms with E-state index >= 15 is 0 Å². The summed E-state index contributed by atoms with van der Waals surface area (Å²) in [7, 11) is 0. The number of rotatable bonds is 2. The zero-order valence-electron chi connectivity index (χ0n) is 7.83. The molecule has 3 rings (SSSR count). The van der Waals surface area contributed by atoms with Crippen molar-refractivity contribution >= 4 is 16.7 Å². The largest absolute Gasteiger partial charge is 0.271 e. The molecule has 76 valence electrons. The van der Waals surface area contributed by atoms with Crippen molar-refractivity contribution in [1.29, 1.82) is 0 Å². The predicted octanol–water partition coefficient (Wildman–Crippen LogP) is 1.67. The van der Waals surface area contributed by atoms with Crippen molar-refractivity contribution in [3.8, 4) is 0 Å². The van der Waals surface area contributed by atoms with Crippen molar-refractivity contribution in [3.05, 3.63) is 28.3 Å². The molecule has 6 heteroatoms. The summed E-state index contributed by atoms with van der Waals surface area (Å²) in [5.74, 6) is 0. The molecule has 2 aromatic rings. The van der Waals surface area contributed by atoms with E-state index < -0.39 is 4.92 Å². The van der Waals surface area contributed by atoms with E-state index in [2.05, 4.69) is 10.3 Å². The summed E-state index contributed by atoms with van der Waals surface area (Å²) < 4.78 is 1.85. The van der Waals surface area contributed by atoms with Crippen LogP contribution in [0.4, 0.5) is 5.69 Å². The molecule has 0 aliphatic heterocycles.